The van der Waals surface area contributed by atoms with Gasteiger partial charge in [0.1, 0.15) is 0 Å². The average molecular weight is 142 g/mol. The lowest BCUT2D eigenvalue weighted by molar-refractivity contribution is -0.112. The first kappa shape index (κ1) is 6.42. The number of hydrogen-bond donors (Lipinski definition) is 0. The summed E-state index contributed by atoms with van der Waals surface area (Å²) in [5.41, 5.74) is 0. The SMILES string of the molecule is CC(=O)C1=CC=CS1=O. The van der Waals surface area contributed by atoms with Crippen LogP contribution in [0.3, 0.4) is 0 Å². The van der Waals surface area contributed by atoms with Crippen LogP contribution in [0.25, 0.3) is 0 Å². The van der Waals surface area contributed by atoms with E-state index < -0.39 is 10.8 Å². The molecule has 2 nitrogen and oxygen atoms in total. The van der Waals surface area contributed by atoms with Gasteiger partial charge in [-0.3, -0.25) is 4.79 Å². The Morgan fingerprint density at radius 2 is 2.33 bits per heavy atom. The minimum atomic E-state index is -1.16. The Balaban J connectivity index is 2.88. The molecule has 9 heavy (non-hydrogen) atoms. The van der Waals surface area contributed by atoms with Crippen LogP contribution in [0.5, 0.6) is 0 Å². The summed E-state index contributed by atoms with van der Waals surface area (Å²) in [6, 6.07) is 0. The molecule has 0 fully saturated rings. The molecule has 1 atom stereocenters. The number of ketones is 1. The Bertz CT molecular complexity index is 225. The molecule has 1 aliphatic rings. The fourth-order valence-electron chi connectivity index (χ4n) is 0.597. The summed E-state index contributed by atoms with van der Waals surface area (Å²) in [5, 5.41) is 1.50. The Labute approximate surface area is 55.7 Å². The van der Waals surface area contributed by atoms with Gasteiger partial charge in [-0.25, -0.2) is 4.21 Å². The highest BCUT2D eigenvalue weighted by molar-refractivity contribution is 7.93. The first-order valence-corrected chi connectivity index (χ1v) is 3.73. The lowest BCUT2D eigenvalue weighted by atomic mass is 10.4. The van der Waals surface area contributed by atoms with Crippen molar-refractivity contribution in [3.63, 3.8) is 0 Å². The summed E-state index contributed by atoms with van der Waals surface area (Å²) in [6.07, 6.45) is 3.21. The topological polar surface area (TPSA) is 34.1 Å². The highest BCUT2D eigenvalue weighted by Crippen LogP contribution is 2.11. The molecule has 1 heterocycles. The summed E-state index contributed by atoms with van der Waals surface area (Å²) in [6.45, 7) is 1.41. The third kappa shape index (κ3) is 1.16. The van der Waals surface area contributed by atoms with Crippen LogP contribution in [0.1, 0.15) is 6.92 Å². The lowest BCUT2D eigenvalue weighted by Crippen LogP contribution is -1.97. The van der Waals surface area contributed by atoms with Gasteiger partial charge in [-0.2, -0.15) is 0 Å². The van der Waals surface area contributed by atoms with Crippen molar-refractivity contribution in [1.29, 1.82) is 0 Å². The Morgan fingerprint density at radius 1 is 1.67 bits per heavy atom. The second kappa shape index (κ2) is 2.27. The second-order valence-corrected chi connectivity index (χ2v) is 3.02. The summed E-state index contributed by atoms with van der Waals surface area (Å²) in [7, 11) is -1.16. The van der Waals surface area contributed by atoms with Crippen molar-refractivity contribution in [2.75, 3.05) is 0 Å². The molecule has 1 rings (SSSR count). The zero-order valence-corrected chi connectivity index (χ0v) is 5.77. The molecular formula is C6H6O2S. The molecule has 1 unspecified atom stereocenters. The van der Waals surface area contributed by atoms with Crippen molar-refractivity contribution in [3.8, 4) is 0 Å². The van der Waals surface area contributed by atoms with Crippen LogP contribution < -0.4 is 0 Å². The zero-order valence-electron chi connectivity index (χ0n) is 4.96. The Kier molecular flexibility index (Phi) is 1.62. The molecule has 0 bridgehead atoms. The summed E-state index contributed by atoms with van der Waals surface area (Å²) < 4.78 is 10.8. The summed E-state index contributed by atoms with van der Waals surface area (Å²) in [5.74, 6) is -0.113. The molecule has 1 aliphatic heterocycles. The maximum atomic E-state index is 10.8. The molecule has 3 heteroatoms. The normalized spacial score (nSPS) is 24.1. The van der Waals surface area contributed by atoms with Crippen molar-refractivity contribution in [2.24, 2.45) is 0 Å². The molecule has 0 aromatic heterocycles. The first-order chi connectivity index (χ1) is 4.22. The highest BCUT2D eigenvalue weighted by Gasteiger charge is 2.11. The smallest absolute Gasteiger partial charge is 0.169 e. The van der Waals surface area contributed by atoms with Crippen LogP contribution in [0.15, 0.2) is 22.5 Å². The van der Waals surface area contributed by atoms with Gasteiger partial charge in [-0.1, -0.05) is 6.08 Å². The minimum absolute atomic E-state index is 0.113. The Hall–Kier alpha value is -0.700. The van der Waals surface area contributed by atoms with E-state index in [1.807, 2.05) is 0 Å². The van der Waals surface area contributed by atoms with Gasteiger partial charge in [-0.05, 0) is 13.0 Å². The third-order valence-electron chi connectivity index (χ3n) is 1.01. The monoisotopic (exact) mass is 142 g/mol. The van der Waals surface area contributed by atoms with Crippen LogP contribution in [0.4, 0.5) is 0 Å². The van der Waals surface area contributed by atoms with E-state index in [9.17, 15) is 9.00 Å². The van der Waals surface area contributed by atoms with E-state index in [2.05, 4.69) is 0 Å². The van der Waals surface area contributed by atoms with Crippen molar-refractivity contribution >= 4 is 16.6 Å². The lowest BCUT2D eigenvalue weighted by Gasteiger charge is -1.89. The quantitative estimate of drug-likeness (QED) is 0.541. The molecule has 0 N–H and O–H groups in total. The molecule has 0 radical (unpaired) electrons. The number of hydrogen-bond acceptors (Lipinski definition) is 2. The van der Waals surface area contributed by atoms with Gasteiger partial charge in [0.25, 0.3) is 0 Å². The number of rotatable bonds is 1. The average Bonchev–Trinajstić information content (AvgIpc) is 2.13. The number of Topliss-reactive ketones (excluding diaryl/α,β-unsaturated/α-hetero) is 1. The van der Waals surface area contributed by atoms with E-state index in [1.165, 1.54) is 12.3 Å². The van der Waals surface area contributed by atoms with Crippen molar-refractivity contribution in [3.05, 3.63) is 22.5 Å². The minimum Gasteiger partial charge on any atom is -0.294 e. The van der Waals surface area contributed by atoms with Gasteiger partial charge in [-0.15, -0.1) is 0 Å². The molecule has 0 saturated heterocycles. The number of carbonyl (C=O) groups is 1. The van der Waals surface area contributed by atoms with Crippen LogP contribution in [0, 0.1) is 0 Å². The molecule has 0 saturated carbocycles. The zero-order chi connectivity index (χ0) is 6.85. The third-order valence-corrected chi connectivity index (χ3v) is 2.27. The van der Waals surface area contributed by atoms with Gasteiger partial charge in [0, 0.05) is 5.41 Å². The van der Waals surface area contributed by atoms with Gasteiger partial charge in [0.05, 0.1) is 15.7 Å². The first-order valence-electron chi connectivity index (χ1n) is 2.52. The van der Waals surface area contributed by atoms with E-state index in [4.69, 9.17) is 0 Å². The molecule has 0 amide bonds. The Morgan fingerprint density at radius 3 is 2.56 bits per heavy atom. The fourth-order valence-corrected chi connectivity index (χ4v) is 1.46. The number of allylic oxidation sites excluding steroid dienone is 3. The predicted octanol–water partition coefficient (Wildman–Crippen LogP) is 0.735. The number of carbonyl (C=O) groups excluding carboxylic acids is 1. The van der Waals surface area contributed by atoms with Crippen LogP contribution >= 0.6 is 0 Å². The van der Waals surface area contributed by atoms with Gasteiger partial charge >= 0.3 is 0 Å². The highest BCUT2D eigenvalue weighted by atomic mass is 32.2. The maximum absolute atomic E-state index is 10.8. The molecule has 0 spiro atoms. The molecular weight excluding hydrogens is 136 g/mol. The fraction of sp³-hybridized carbons (Fsp3) is 0.167. The standard InChI is InChI=1S/C6H6O2S/c1-5(7)6-3-2-4-9(6)8/h2-4H,1H3. The van der Waals surface area contributed by atoms with Gasteiger partial charge in [0.2, 0.25) is 0 Å². The van der Waals surface area contributed by atoms with Crippen LogP contribution in [0.2, 0.25) is 0 Å². The van der Waals surface area contributed by atoms with E-state index in [0.717, 1.165) is 0 Å². The van der Waals surface area contributed by atoms with E-state index in [0.29, 0.717) is 4.91 Å². The van der Waals surface area contributed by atoms with Crippen LogP contribution in [-0.2, 0) is 15.6 Å². The van der Waals surface area contributed by atoms with E-state index in [-0.39, 0.29) is 5.78 Å². The van der Waals surface area contributed by atoms with Gasteiger partial charge in [0.15, 0.2) is 5.78 Å². The van der Waals surface area contributed by atoms with Crippen molar-refractivity contribution < 1.29 is 9.00 Å². The van der Waals surface area contributed by atoms with Gasteiger partial charge < -0.3 is 0 Å². The van der Waals surface area contributed by atoms with Crippen LogP contribution in [-0.4, -0.2) is 9.99 Å². The second-order valence-electron chi connectivity index (χ2n) is 1.71. The van der Waals surface area contributed by atoms with Crippen molar-refractivity contribution in [1.82, 2.24) is 0 Å². The molecule has 0 aromatic carbocycles. The van der Waals surface area contributed by atoms with Crippen molar-refractivity contribution in [2.45, 2.75) is 6.92 Å². The van der Waals surface area contributed by atoms with E-state index >= 15 is 0 Å². The van der Waals surface area contributed by atoms with E-state index in [1.54, 1.807) is 12.2 Å². The predicted molar refractivity (Wildman–Crippen MR) is 36.0 cm³/mol. The largest absolute Gasteiger partial charge is 0.294 e. The molecule has 0 aliphatic carbocycles. The molecule has 48 valence electrons. The summed E-state index contributed by atoms with van der Waals surface area (Å²) >= 11 is 0. The summed E-state index contributed by atoms with van der Waals surface area (Å²) in [4.78, 5) is 11.0. The molecule has 0 aromatic rings. The maximum Gasteiger partial charge on any atom is 0.169 e.